The molecule has 1 amide bonds. The van der Waals surface area contributed by atoms with Crippen LogP contribution in [0.25, 0.3) is 0 Å². The summed E-state index contributed by atoms with van der Waals surface area (Å²) in [6, 6.07) is 0. The molecule has 29 heavy (non-hydrogen) atoms. The van der Waals surface area contributed by atoms with Gasteiger partial charge in [-0.25, -0.2) is 18.6 Å². The number of hydrogen-bond acceptors (Lipinski definition) is 6. The van der Waals surface area contributed by atoms with Crippen molar-refractivity contribution in [3.8, 4) is 0 Å². The van der Waals surface area contributed by atoms with Gasteiger partial charge in [0.1, 0.15) is 0 Å². The minimum absolute atomic E-state index is 0.207. The lowest BCUT2D eigenvalue weighted by molar-refractivity contribution is -2.00. The number of nitrogens with zero attached hydrogens (tertiary/aromatic N) is 1. The highest BCUT2D eigenvalue weighted by atomic mass is 35.7. The third-order valence-corrected chi connectivity index (χ3v) is 4.69. The van der Waals surface area contributed by atoms with Crippen molar-refractivity contribution in [3.05, 3.63) is 0 Å². The molecule has 9 heteroatoms. The molecule has 0 atom stereocenters. The van der Waals surface area contributed by atoms with Gasteiger partial charge in [-0.1, -0.05) is 58.3 Å². The number of rotatable bonds is 17. The van der Waals surface area contributed by atoms with E-state index in [2.05, 4.69) is 26.3 Å². The molecule has 0 aliphatic rings. The van der Waals surface area contributed by atoms with E-state index in [1.165, 1.54) is 51.4 Å². The van der Waals surface area contributed by atoms with Gasteiger partial charge in [0.15, 0.2) is 0 Å². The van der Waals surface area contributed by atoms with E-state index in [-0.39, 0.29) is 12.5 Å². The number of hydrogen-bond donors (Lipinski definition) is 2. The van der Waals surface area contributed by atoms with Crippen LogP contribution in [0.1, 0.15) is 84.0 Å². The van der Waals surface area contributed by atoms with Crippen molar-refractivity contribution in [2.75, 3.05) is 40.3 Å². The molecule has 2 N–H and O–H groups in total. The van der Waals surface area contributed by atoms with Crippen molar-refractivity contribution in [2.45, 2.75) is 84.0 Å². The molecular weight excluding hydrogens is 400 g/mol. The molecule has 176 valence electrons. The summed E-state index contributed by atoms with van der Waals surface area (Å²) < 4.78 is 34.9. The molecule has 0 fully saturated rings. The maximum absolute atomic E-state index is 11.8. The standard InChI is InChI=1S/C20H42N2O2.ClHO4/c1-4-5-6-7-8-9-10-11-12-15-20(24)21-16-13-17-22(2,3)18-14-19-23;2-1(3,4)5/h23H,4-19H2,1-3H3;(H,2,3,4,5). The first-order valence-corrected chi connectivity index (χ1v) is 12.1. The van der Waals surface area contributed by atoms with Gasteiger partial charge in [0.2, 0.25) is 5.91 Å². The summed E-state index contributed by atoms with van der Waals surface area (Å²) in [5, 5.41) is 11.9. The predicted octanol–water partition coefficient (Wildman–Crippen LogP) is -0.884. The number of carbonyl (C=O) groups is 1. The highest BCUT2D eigenvalue weighted by molar-refractivity contribution is 5.75. The van der Waals surface area contributed by atoms with Crippen molar-refractivity contribution in [2.24, 2.45) is 0 Å². The van der Waals surface area contributed by atoms with Crippen molar-refractivity contribution >= 4 is 5.91 Å². The number of carbonyl (C=O) groups excluding carboxylic acids is 1. The van der Waals surface area contributed by atoms with Crippen LogP contribution in [-0.2, 0) is 4.79 Å². The number of aliphatic hydroxyl groups excluding tert-OH is 1. The smallest absolute Gasteiger partial charge is 0.219 e. The van der Waals surface area contributed by atoms with Gasteiger partial charge in [-0.05, 0) is 6.42 Å². The van der Waals surface area contributed by atoms with Crippen LogP contribution in [0.3, 0.4) is 0 Å². The Bertz CT molecular complexity index is 372. The Balaban J connectivity index is 0. The summed E-state index contributed by atoms with van der Waals surface area (Å²) in [6.07, 6.45) is 14.1. The van der Waals surface area contributed by atoms with E-state index >= 15 is 0 Å². The second-order valence-corrected chi connectivity index (χ2v) is 8.88. The van der Waals surface area contributed by atoms with E-state index in [4.69, 9.17) is 23.7 Å². The molecule has 0 spiro atoms. The van der Waals surface area contributed by atoms with Gasteiger partial charge in [0.05, 0.1) is 27.2 Å². The Hall–Kier alpha value is -0.480. The van der Waals surface area contributed by atoms with Crippen molar-refractivity contribution in [3.63, 3.8) is 0 Å². The fourth-order valence-electron chi connectivity index (χ4n) is 3.03. The number of nitrogens with one attached hydrogen (secondary N) is 1. The SMILES string of the molecule is CCCCCCCCCCCC(=O)NCCC[N+](C)(C)CCCO.[O-][Cl+3]([O-])([O-])[O-]. The first kappa shape index (κ1) is 30.7. The molecule has 0 aromatic heterocycles. The number of amides is 1. The molecule has 0 radical (unpaired) electrons. The average molecular weight is 443 g/mol. The molecule has 0 unspecified atom stereocenters. The molecule has 0 aliphatic carbocycles. The summed E-state index contributed by atoms with van der Waals surface area (Å²) in [4.78, 5) is 11.8. The largest absolute Gasteiger partial charge is 0.396 e. The zero-order valence-corrected chi connectivity index (χ0v) is 19.4. The van der Waals surface area contributed by atoms with Crippen LogP contribution in [0.4, 0.5) is 0 Å². The molecule has 0 saturated heterocycles. The second-order valence-electron chi connectivity index (χ2n) is 8.12. The van der Waals surface area contributed by atoms with Crippen LogP contribution in [0.2, 0.25) is 0 Å². The van der Waals surface area contributed by atoms with E-state index in [0.717, 1.165) is 43.4 Å². The van der Waals surface area contributed by atoms with Gasteiger partial charge < -0.3 is 14.9 Å². The summed E-state index contributed by atoms with van der Waals surface area (Å²) in [6.45, 7) is 5.32. The van der Waals surface area contributed by atoms with Crippen LogP contribution in [0, 0.1) is 10.2 Å². The van der Waals surface area contributed by atoms with E-state index in [1.54, 1.807) is 0 Å². The van der Waals surface area contributed by atoms with Gasteiger partial charge in [0.25, 0.3) is 0 Å². The Kier molecular flexibility index (Phi) is 20.6. The van der Waals surface area contributed by atoms with Crippen molar-refractivity contribution < 1.29 is 43.3 Å². The Morgan fingerprint density at radius 3 is 1.76 bits per heavy atom. The minimum Gasteiger partial charge on any atom is -0.396 e. The number of halogens is 1. The molecule has 0 aromatic rings. The Morgan fingerprint density at radius 2 is 1.28 bits per heavy atom. The van der Waals surface area contributed by atoms with Gasteiger partial charge in [-0.15, -0.1) is 10.2 Å². The lowest BCUT2D eigenvalue weighted by Crippen LogP contribution is -2.68. The lowest BCUT2D eigenvalue weighted by Gasteiger charge is -2.29. The molecular formula is C20H43ClN2O6. The number of aliphatic hydroxyl groups is 1. The van der Waals surface area contributed by atoms with Gasteiger partial charge >= 0.3 is 0 Å². The minimum atomic E-state index is -4.94. The zero-order valence-electron chi connectivity index (χ0n) is 18.6. The van der Waals surface area contributed by atoms with Crippen molar-refractivity contribution in [1.29, 1.82) is 0 Å². The average Bonchev–Trinajstić information content (AvgIpc) is 2.61. The predicted molar refractivity (Wildman–Crippen MR) is 103 cm³/mol. The first-order chi connectivity index (χ1) is 13.5. The highest BCUT2D eigenvalue weighted by Crippen LogP contribution is 2.10. The molecule has 0 aromatic carbocycles. The number of unbranched alkanes of at least 4 members (excludes halogenated alkanes) is 8. The van der Waals surface area contributed by atoms with Crippen LogP contribution in [-0.4, -0.2) is 55.8 Å². The summed E-state index contributed by atoms with van der Waals surface area (Å²) >= 11 is 0. The van der Waals surface area contributed by atoms with Gasteiger partial charge in [-0.3, -0.25) is 4.79 Å². The fourth-order valence-corrected chi connectivity index (χ4v) is 3.03. The Morgan fingerprint density at radius 1 is 0.828 bits per heavy atom. The summed E-state index contributed by atoms with van der Waals surface area (Å²) in [5.74, 6) is 0.207. The highest BCUT2D eigenvalue weighted by Gasteiger charge is 2.13. The lowest BCUT2D eigenvalue weighted by atomic mass is 10.1. The van der Waals surface area contributed by atoms with Gasteiger partial charge in [0, 0.05) is 32.4 Å². The molecule has 0 bridgehead atoms. The zero-order chi connectivity index (χ0) is 22.6. The van der Waals surface area contributed by atoms with Crippen LogP contribution < -0.4 is 24.0 Å². The maximum atomic E-state index is 11.8. The van der Waals surface area contributed by atoms with Crippen LogP contribution in [0.5, 0.6) is 0 Å². The van der Waals surface area contributed by atoms with Crippen LogP contribution >= 0.6 is 0 Å². The van der Waals surface area contributed by atoms with E-state index in [9.17, 15) is 4.79 Å². The molecule has 0 saturated carbocycles. The third kappa shape index (κ3) is 32.4. The summed E-state index contributed by atoms with van der Waals surface area (Å²) in [7, 11) is -0.584. The van der Waals surface area contributed by atoms with E-state index in [1.807, 2.05) is 0 Å². The topological polar surface area (TPSA) is 142 Å². The van der Waals surface area contributed by atoms with E-state index in [0.29, 0.717) is 6.42 Å². The first-order valence-electron chi connectivity index (χ1n) is 10.8. The Labute approximate surface area is 179 Å². The summed E-state index contributed by atoms with van der Waals surface area (Å²) in [5.41, 5.74) is 0. The molecule has 0 rings (SSSR count). The molecule has 8 nitrogen and oxygen atoms in total. The normalized spacial score (nSPS) is 11.7. The van der Waals surface area contributed by atoms with E-state index < -0.39 is 10.2 Å². The maximum Gasteiger partial charge on any atom is 0.219 e. The van der Waals surface area contributed by atoms with Gasteiger partial charge in [-0.2, -0.15) is 0 Å². The quantitative estimate of drug-likeness (QED) is 0.221. The van der Waals surface area contributed by atoms with Crippen LogP contribution in [0.15, 0.2) is 0 Å². The number of quaternary nitrogens is 1. The molecule has 0 aliphatic heterocycles. The van der Waals surface area contributed by atoms with Crippen molar-refractivity contribution in [1.82, 2.24) is 5.32 Å². The molecule has 0 heterocycles. The monoisotopic (exact) mass is 442 g/mol. The third-order valence-electron chi connectivity index (χ3n) is 4.69. The fraction of sp³-hybridized carbons (Fsp3) is 0.950. The second kappa shape index (κ2) is 19.5.